The van der Waals surface area contributed by atoms with Crippen LogP contribution in [0.15, 0.2) is 36.4 Å². The monoisotopic (exact) mass is 810 g/mol. The molecule has 0 spiro atoms. The van der Waals surface area contributed by atoms with Gasteiger partial charge >= 0.3 is 279 Å². The molecule has 2 aromatic rings. The van der Waals surface area contributed by atoms with Crippen LogP contribution in [0.4, 0.5) is 0 Å². The summed E-state index contributed by atoms with van der Waals surface area (Å²) in [6.07, 6.45) is 16.4. The molecule has 0 aliphatic heterocycles. The molecule has 2 rings (SSSR count). The Balaban J connectivity index is 2.71. The van der Waals surface area contributed by atoms with Gasteiger partial charge in [0.2, 0.25) is 0 Å². The standard InChI is InChI=1S/2C11H16O.4C4H9.O.2Sn/c2*1-3-4-7-10-9(2)6-5-8-11(10)12;4*1-3-4-2;;;/h2*5-6,8,12H,3-4,7H2,1-2H3;4*1,3-4H2,2H3;;;/q;;;;;;;2*+1/p-2. The second kappa shape index (κ2) is 21.4. The zero-order chi connectivity index (χ0) is 31.6. The fourth-order valence-electron chi connectivity index (χ4n) is 6.11. The Morgan fingerprint density at radius 1 is 0.465 bits per heavy atom. The van der Waals surface area contributed by atoms with Crippen molar-refractivity contribution in [3.8, 4) is 11.5 Å². The molecule has 43 heavy (non-hydrogen) atoms. The first-order valence-corrected chi connectivity index (χ1v) is 30.8. The zero-order valence-electron chi connectivity index (χ0n) is 29.4. The summed E-state index contributed by atoms with van der Waals surface area (Å²) in [7, 11) is 0. The molecule has 0 atom stereocenters. The minimum absolute atomic E-state index is 1.09. The van der Waals surface area contributed by atoms with Gasteiger partial charge in [-0.15, -0.1) is 0 Å². The number of hydrogen-bond acceptors (Lipinski definition) is 3. The van der Waals surface area contributed by atoms with Gasteiger partial charge in [-0.3, -0.25) is 0 Å². The van der Waals surface area contributed by atoms with Crippen LogP contribution in [0, 0.1) is 13.8 Å². The van der Waals surface area contributed by atoms with Crippen LogP contribution in [0.1, 0.15) is 141 Å². The third-order valence-corrected chi connectivity index (χ3v) is 41.4. The Kier molecular flexibility index (Phi) is 19.3. The molecule has 2 aromatic carbocycles. The molecule has 0 aromatic heterocycles. The van der Waals surface area contributed by atoms with Crippen LogP contribution in [-0.2, 0) is 14.3 Å². The van der Waals surface area contributed by atoms with Gasteiger partial charge < -0.3 is 0 Å². The Hall–Kier alpha value is -0.403. The van der Waals surface area contributed by atoms with Crippen LogP contribution in [0.25, 0.3) is 0 Å². The summed E-state index contributed by atoms with van der Waals surface area (Å²) in [5.41, 5.74) is 5.54. The van der Waals surface area contributed by atoms with Gasteiger partial charge in [0, 0.05) is 0 Å². The fraction of sp³-hybridized carbons (Fsp3) is 0.684. The van der Waals surface area contributed by atoms with Crippen molar-refractivity contribution in [2.45, 2.75) is 163 Å². The number of unbranched alkanes of at least 4 members (excludes halogenated alkanes) is 6. The quantitative estimate of drug-likeness (QED) is 0.0989. The van der Waals surface area contributed by atoms with Gasteiger partial charge in [-0.1, -0.05) is 0 Å². The molecule has 244 valence electrons. The molecule has 3 nitrogen and oxygen atoms in total. The fourth-order valence-corrected chi connectivity index (χ4v) is 48.0. The molecule has 0 unspecified atom stereocenters. The van der Waals surface area contributed by atoms with Crippen molar-refractivity contribution in [3.05, 3.63) is 58.7 Å². The van der Waals surface area contributed by atoms with Crippen molar-refractivity contribution in [1.82, 2.24) is 0 Å². The van der Waals surface area contributed by atoms with E-state index >= 15 is 0 Å². The van der Waals surface area contributed by atoms with E-state index in [1.54, 1.807) is 0 Å². The van der Waals surface area contributed by atoms with E-state index in [-0.39, 0.29) is 0 Å². The van der Waals surface area contributed by atoms with Gasteiger partial charge in [0.05, 0.1) is 0 Å². The van der Waals surface area contributed by atoms with E-state index in [4.69, 9.17) is 7.56 Å². The van der Waals surface area contributed by atoms with Gasteiger partial charge in [0.25, 0.3) is 0 Å². The Morgan fingerprint density at radius 2 is 0.791 bits per heavy atom. The van der Waals surface area contributed by atoms with Gasteiger partial charge in [-0.05, 0) is 0 Å². The molecule has 0 N–H and O–H groups in total. The first-order valence-electron chi connectivity index (χ1n) is 18.1. The van der Waals surface area contributed by atoms with Gasteiger partial charge in [0.1, 0.15) is 0 Å². The van der Waals surface area contributed by atoms with Crippen molar-refractivity contribution in [3.63, 3.8) is 0 Å². The molecule has 0 bridgehead atoms. The van der Waals surface area contributed by atoms with Crippen LogP contribution >= 0.6 is 0 Å². The molecule has 0 saturated heterocycles. The first kappa shape index (κ1) is 38.8. The number of aryl methyl sites for hydroxylation is 2. The van der Waals surface area contributed by atoms with E-state index in [0.29, 0.717) is 0 Å². The van der Waals surface area contributed by atoms with E-state index < -0.39 is 38.4 Å². The molecular formula is C38H66O3Sn2. The summed E-state index contributed by atoms with van der Waals surface area (Å²) in [5, 5.41) is 0. The van der Waals surface area contributed by atoms with E-state index in [0.717, 1.165) is 42.1 Å². The Labute approximate surface area is 277 Å². The van der Waals surface area contributed by atoms with Crippen molar-refractivity contribution in [2.75, 3.05) is 0 Å². The van der Waals surface area contributed by atoms with Gasteiger partial charge in [-0.25, -0.2) is 0 Å². The summed E-state index contributed by atoms with van der Waals surface area (Å²) in [6.45, 7) is 18.4. The Bertz CT molecular complexity index is 940. The van der Waals surface area contributed by atoms with Crippen molar-refractivity contribution in [2.24, 2.45) is 0 Å². The van der Waals surface area contributed by atoms with Crippen molar-refractivity contribution < 1.29 is 7.56 Å². The molecule has 0 saturated carbocycles. The summed E-state index contributed by atoms with van der Waals surface area (Å²) in [4.78, 5) is 0. The molecule has 0 amide bonds. The number of hydrogen-bond donors (Lipinski definition) is 0. The second-order valence-corrected chi connectivity index (χ2v) is 34.6. The van der Waals surface area contributed by atoms with Crippen LogP contribution in [0.5, 0.6) is 11.5 Å². The SMILES string of the molecule is CCCCc1c(C)cccc1[O][Sn]([CH2]CCC)([CH2]CCC)[O][Sn]([CH2]CCC)([CH2]CCC)[O]c1cccc(C)c1CCCC. The predicted octanol–water partition coefficient (Wildman–Crippen LogP) is 12.5. The second-order valence-electron chi connectivity index (χ2n) is 12.9. The molecule has 0 aliphatic rings. The minimum atomic E-state index is -3.67. The predicted molar refractivity (Wildman–Crippen MR) is 192 cm³/mol. The molecule has 0 radical (unpaired) electrons. The van der Waals surface area contributed by atoms with Crippen LogP contribution in [0.3, 0.4) is 0 Å². The maximum atomic E-state index is 8.02. The van der Waals surface area contributed by atoms with Gasteiger partial charge in [0.15, 0.2) is 0 Å². The third kappa shape index (κ3) is 12.7. The van der Waals surface area contributed by atoms with Crippen LogP contribution in [-0.4, -0.2) is 38.4 Å². The van der Waals surface area contributed by atoms with E-state index in [2.05, 4.69) is 91.8 Å². The average molecular weight is 808 g/mol. The average Bonchev–Trinajstić information content (AvgIpc) is 3.00. The van der Waals surface area contributed by atoms with Gasteiger partial charge in [-0.2, -0.15) is 0 Å². The van der Waals surface area contributed by atoms with Crippen LogP contribution < -0.4 is 6.15 Å². The molecule has 0 fully saturated rings. The van der Waals surface area contributed by atoms with Crippen LogP contribution in [0.2, 0.25) is 17.7 Å². The van der Waals surface area contributed by atoms with Crippen molar-refractivity contribution in [1.29, 1.82) is 0 Å². The molecular weight excluding hydrogens is 742 g/mol. The Morgan fingerprint density at radius 3 is 1.09 bits per heavy atom. The first-order chi connectivity index (χ1) is 20.8. The normalized spacial score (nSPS) is 12.1. The zero-order valence-corrected chi connectivity index (χ0v) is 35.1. The summed E-state index contributed by atoms with van der Waals surface area (Å²) < 4.78 is 27.6. The topological polar surface area (TPSA) is 27.7 Å². The van der Waals surface area contributed by atoms with Crippen molar-refractivity contribution >= 4 is 38.4 Å². The number of rotatable bonds is 24. The molecule has 0 heterocycles. The van der Waals surface area contributed by atoms with E-state index in [1.807, 2.05) is 0 Å². The molecule has 5 heteroatoms. The summed E-state index contributed by atoms with van der Waals surface area (Å²) in [5.74, 6) is 2.25. The molecule has 0 aliphatic carbocycles. The summed E-state index contributed by atoms with van der Waals surface area (Å²) in [6, 6.07) is 13.4. The maximum absolute atomic E-state index is 8.02. The van der Waals surface area contributed by atoms with E-state index in [9.17, 15) is 0 Å². The summed E-state index contributed by atoms with van der Waals surface area (Å²) >= 11 is -7.35. The number of benzene rings is 2. The van der Waals surface area contributed by atoms with E-state index in [1.165, 1.54) is 99.3 Å². The third-order valence-electron chi connectivity index (χ3n) is 8.90.